The van der Waals surface area contributed by atoms with Crippen molar-refractivity contribution in [3.8, 4) is 0 Å². The molecular formula is C13H20N2O3. The van der Waals surface area contributed by atoms with Crippen LogP contribution in [0.5, 0.6) is 0 Å². The number of amides is 1. The van der Waals surface area contributed by atoms with E-state index in [1.807, 2.05) is 13.0 Å². The number of aliphatic hydroxyl groups excluding tert-OH is 1. The topological polar surface area (TPSA) is 75.8 Å². The molecule has 5 heteroatoms. The van der Waals surface area contributed by atoms with E-state index in [4.69, 9.17) is 15.6 Å². The first kappa shape index (κ1) is 14.5. The van der Waals surface area contributed by atoms with Gasteiger partial charge in [-0.25, -0.2) is 0 Å². The summed E-state index contributed by atoms with van der Waals surface area (Å²) < 4.78 is 5.16. The molecule has 3 N–H and O–H groups in total. The van der Waals surface area contributed by atoms with Gasteiger partial charge in [-0.15, -0.1) is 0 Å². The highest BCUT2D eigenvalue weighted by Gasteiger charge is 2.16. The molecule has 0 aliphatic heterocycles. The van der Waals surface area contributed by atoms with Crippen LogP contribution < -0.4 is 10.6 Å². The molecule has 0 spiro atoms. The summed E-state index contributed by atoms with van der Waals surface area (Å²) in [6.45, 7) is 2.98. The smallest absolute Gasteiger partial charge is 0.229 e. The summed E-state index contributed by atoms with van der Waals surface area (Å²) in [6.07, 6.45) is 0.280. The molecule has 1 amide bonds. The first-order valence-corrected chi connectivity index (χ1v) is 6.04. The van der Waals surface area contributed by atoms with Crippen molar-refractivity contribution in [1.29, 1.82) is 0 Å². The van der Waals surface area contributed by atoms with Gasteiger partial charge in [0, 0.05) is 13.2 Å². The Bertz CT molecular complexity index is 382. The lowest BCUT2D eigenvalue weighted by Gasteiger charge is -2.23. The van der Waals surface area contributed by atoms with Crippen LogP contribution in [0, 0.1) is 0 Å². The van der Waals surface area contributed by atoms with Crippen LogP contribution in [0.1, 0.15) is 13.3 Å². The maximum Gasteiger partial charge on any atom is 0.229 e. The zero-order valence-corrected chi connectivity index (χ0v) is 10.6. The molecule has 0 heterocycles. The van der Waals surface area contributed by atoms with E-state index in [9.17, 15) is 4.79 Å². The third-order valence-electron chi connectivity index (χ3n) is 2.52. The molecule has 0 aromatic heterocycles. The Morgan fingerprint density at radius 2 is 2.17 bits per heavy atom. The second kappa shape index (κ2) is 7.68. The molecule has 0 atom stereocenters. The Labute approximate surface area is 107 Å². The van der Waals surface area contributed by atoms with Crippen molar-refractivity contribution < 1.29 is 14.6 Å². The van der Waals surface area contributed by atoms with Gasteiger partial charge in [-0.2, -0.15) is 0 Å². The van der Waals surface area contributed by atoms with E-state index in [0.717, 1.165) is 0 Å². The highest BCUT2D eigenvalue weighted by Crippen LogP contribution is 2.22. The monoisotopic (exact) mass is 252 g/mol. The van der Waals surface area contributed by atoms with E-state index >= 15 is 0 Å². The SMILES string of the molecule is CCOCCC(=O)N(CCO)c1ccccc1N. The maximum atomic E-state index is 12.0. The van der Waals surface area contributed by atoms with Crippen LogP contribution in [-0.4, -0.2) is 37.4 Å². The minimum Gasteiger partial charge on any atom is -0.397 e. The normalized spacial score (nSPS) is 10.3. The number of aliphatic hydroxyl groups is 1. The molecule has 1 aromatic rings. The Kier molecular flexibility index (Phi) is 6.18. The van der Waals surface area contributed by atoms with Gasteiger partial charge in [-0.3, -0.25) is 4.79 Å². The number of hydrogen-bond donors (Lipinski definition) is 2. The van der Waals surface area contributed by atoms with E-state index in [1.165, 1.54) is 4.90 Å². The number of anilines is 2. The van der Waals surface area contributed by atoms with Crippen molar-refractivity contribution in [1.82, 2.24) is 0 Å². The zero-order valence-electron chi connectivity index (χ0n) is 10.6. The third kappa shape index (κ3) is 4.01. The molecule has 1 aromatic carbocycles. The third-order valence-corrected chi connectivity index (χ3v) is 2.52. The molecule has 0 saturated carbocycles. The van der Waals surface area contributed by atoms with Gasteiger partial charge in [0.15, 0.2) is 0 Å². The van der Waals surface area contributed by atoms with Gasteiger partial charge in [0.2, 0.25) is 5.91 Å². The minimum absolute atomic E-state index is 0.101. The van der Waals surface area contributed by atoms with Gasteiger partial charge < -0.3 is 20.5 Å². The number of rotatable bonds is 7. The van der Waals surface area contributed by atoms with Gasteiger partial charge in [0.25, 0.3) is 0 Å². The number of nitrogen functional groups attached to an aromatic ring is 1. The fourth-order valence-electron chi connectivity index (χ4n) is 1.65. The summed E-state index contributed by atoms with van der Waals surface area (Å²) in [5, 5.41) is 9.04. The lowest BCUT2D eigenvalue weighted by molar-refractivity contribution is -0.119. The predicted molar refractivity (Wildman–Crippen MR) is 71.4 cm³/mol. The molecule has 0 radical (unpaired) electrons. The molecule has 0 bridgehead atoms. The Hall–Kier alpha value is -1.59. The van der Waals surface area contributed by atoms with E-state index in [-0.39, 0.29) is 25.5 Å². The van der Waals surface area contributed by atoms with Gasteiger partial charge in [-0.05, 0) is 19.1 Å². The van der Waals surface area contributed by atoms with Gasteiger partial charge >= 0.3 is 0 Å². The first-order valence-electron chi connectivity index (χ1n) is 6.04. The maximum absolute atomic E-state index is 12.0. The van der Waals surface area contributed by atoms with Crippen molar-refractivity contribution in [3.63, 3.8) is 0 Å². The fourth-order valence-corrected chi connectivity index (χ4v) is 1.65. The predicted octanol–water partition coefficient (Wildman–Crippen LogP) is 1.02. The van der Waals surface area contributed by atoms with Crippen LogP contribution in [0.4, 0.5) is 11.4 Å². The Morgan fingerprint density at radius 3 is 2.78 bits per heavy atom. The van der Waals surface area contributed by atoms with Crippen LogP contribution in [0.3, 0.4) is 0 Å². The van der Waals surface area contributed by atoms with Crippen molar-refractivity contribution in [3.05, 3.63) is 24.3 Å². The first-order chi connectivity index (χ1) is 8.70. The van der Waals surface area contributed by atoms with Crippen molar-refractivity contribution in [2.24, 2.45) is 0 Å². The van der Waals surface area contributed by atoms with E-state index in [1.54, 1.807) is 18.2 Å². The lowest BCUT2D eigenvalue weighted by Crippen LogP contribution is -2.34. The number of carbonyl (C=O) groups excluding carboxylic acids is 1. The quantitative estimate of drug-likeness (QED) is 0.561. The average Bonchev–Trinajstić information content (AvgIpc) is 2.37. The van der Waals surface area contributed by atoms with Crippen LogP contribution in [0.15, 0.2) is 24.3 Å². The summed E-state index contributed by atoms with van der Waals surface area (Å²) in [4.78, 5) is 13.5. The zero-order chi connectivity index (χ0) is 13.4. The van der Waals surface area contributed by atoms with E-state index in [0.29, 0.717) is 24.6 Å². The lowest BCUT2D eigenvalue weighted by atomic mass is 10.2. The molecular weight excluding hydrogens is 232 g/mol. The fraction of sp³-hybridized carbons (Fsp3) is 0.462. The summed E-state index contributed by atoms with van der Waals surface area (Å²) in [6, 6.07) is 7.12. The number of para-hydroxylation sites is 2. The van der Waals surface area contributed by atoms with Crippen molar-refractivity contribution in [2.45, 2.75) is 13.3 Å². The number of ether oxygens (including phenoxy) is 1. The molecule has 0 unspecified atom stereocenters. The molecule has 5 nitrogen and oxygen atoms in total. The van der Waals surface area contributed by atoms with Crippen LogP contribution in [0.25, 0.3) is 0 Å². The summed E-state index contributed by atoms with van der Waals surface area (Å²) in [7, 11) is 0. The van der Waals surface area contributed by atoms with Crippen molar-refractivity contribution >= 4 is 17.3 Å². The van der Waals surface area contributed by atoms with Gasteiger partial charge in [0.1, 0.15) is 0 Å². The molecule has 0 fully saturated rings. The number of nitrogens with two attached hydrogens (primary N) is 1. The summed E-state index contributed by atoms with van der Waals surface area (Å²) in [5.74, 6) is -0.101. The van der Waals surface area contributed by atoms with Crippen molar-refractivity contribution in [2.75, 3.05) is 37.0 Å². The summed E-state index contributed by atoms with van der Waals surface area (Å²) >= 11 is 0. The van der Waals surface area contributed by atoms with Crippen LogP contribution in [-0.2, 0) is 9.53 Å². The number of carbonyl (C=O) groups is 1. The van der Waals surface area contributed by atoms with Gasteiger partial charge in [0.05, 0.1) is 31.0 Å². The number of benzene rings is 1. The standard InChI is InChI=1S/C13H20N2O3/c1-2-18-10-7-13(17)15(8-9-16)12-6-4-3-5-11(12)14/h3-6,16H,2,7-10,14H2,1H3. The average molecular weight is 252 g/mol. The van der Waals surface area contributed by atoms with E-state index < -0.39 is 0 Å². The van der Waals surface area contributed by atoms with E-state index in [2.05, 4.69) is 0 Å². The number of nitrogens with zero attached hydrogens (tertiary/aromatic N) is 1. The highest BCUT2D eigenvalue weighted by molar-refractivity contribution is 5.96. The molecule has 0 aliphatic carbocycles. The highest BCUT2D eigenvalue weighted by atomic mass is 16.5. The van der Waals surface area contributed by atoms with Crippen LogP contribution in [0.2, 0.25) is 0 Å². The Morgan fingerprint density at radius 1 is 1.44 bits per heavy atom. The molecule has 0 saturated heterocycles. The second-order valence-electron chi connectivity index (χ2n) is 3.77. The number of hydrogen-bond acceptors (Lipinski definition) is 4. The molecule has 1 rings (SSSR count). The molecule has 0 aliphatic rings. The molecule has 18 heavy (non-hydrogen) atoms. The minimum atomic E-state index is -0.102. The van der Waals surface area contributed by atoms with Crippen LogP contribution >= 0.6 is 0 Å². The molecule has 100 valence electrons. The second-order valence-corrected chi connectivity index (χ2v) is 3.77. The van der Waals surface area contributed by atoms with Gasteiger partial charge in [-0.1, -0.05) is 12.1 Å². The summed E-state index contributed by atoms with van der Waals surface area (Å²) in [5.41, 5.74) is 6.99. The Balaban J connectivity index is 2.76. The largest absolute Gasteiger partial charge is 0.397 e.